The molecule has 0 unspecified atom stereocenters. The zero-order valence-electron chi connectivity index (χ0n) is 20.4. The maximum absolute atomic E-state index is 4.90. The minimum absolute atomic E-state index is 0. The van der Waals surface area contributed by atoms with Crippen molar-refractivity contribution in [3.05, 3.63) is 5.82 Å². The summed E-state index contributed by atoms with van der Waals surface area (Å²) < 4.78 is 2.27. The third kappa shape index (κ3) is 9.45. The fraction of sp³-hybridized carbons (Fsp3) is 0.864. The molecule has 0 atom stereocenters. The van der Waals surface area contributed by atoms with Crippen LogP contribution in [0.3, 0.4) is 0 Å². The van der Waals surface area contributed by atoms with Gasteiger partial charge in [-0.1, -0.05) is 32.0 Å². The average Bonchev–Trinajstić information content (AvgIpc) is 3.10. The first-order chi connectivity index (χ1) is 14.4. The molecule has 2 rings (SSSR count). The second kappa shape index (κ2) is 14.6. The molecule has 0 aliphatic carbocycles. The Bertz CT molecular complexity index is 654. The predicted octanol–water partition coefficient (Wildman–Crippen LogP) is 4.03. The lowest BCUT2D eigenvalue weighted by Crippen LogP contribution is -2.49. The number of rotatable bonds is 11. The number of aryl methyl sites for hydroxylation is 1. The zero-order chi connectivity index (χ0) is 22.0. The van der Waals surface area contributed by atoms with E-state index >= 15 is 0 Å². The van der Waals surface area contributed by atoms with Gasteiger partial charge in [-0.25, -0.2) is 0 Å². The molecule has 1 aliphatic heterocycles. The Hall–Kier alpha value is -0.550. The number of aromatic nitrogens is 3. The molecule has 2 heterocycles. The highest BCUT2D eigenvalue weighted by Gasteiger charge is 2.27. The van der Waals surface area contributed by atoms with Gasteiger partial charge in [0, 0.05) is 31.6 Å². The number of nitrogens with zero attached hydrogens (tertiary/aromatic N) is 5. The molecule has 0 aromatic carbocycles. The predicted molar refractivity (Wildman–Crippen MR) is 144 cm³/mol. The third-order valence-electron chi connectivity index (χ3n) is 5.57. The van der Waals surface area contributed by atoms with Crippen LogP contribution in [0, 0.1) is 5.92 Å². The van der Waals surface area contributed by atoms with E-state index in [4.69, 9.17) is 4.99 Å². The van der Waals surface area contributed by atoms with Gasteiger partial charge in [-0.3, -0.25) is 9.89 Å². The fourth-order valence-electron chi connectivity index (χ4n) is 3.87. The molecule has 9 heteroatoms. The lowest BCUT2D eigenvalue weighted by molar-refractivity contribution is 0.102. The van der Waals surface area contributed by atoms with Gasteiger partial charge in [0.25, 0.3) is 0 Å². The summed E-state index contributed by atoms with van der Waals surface area (Å²) in [6.45, 7) is 17.1. The van der Waals surface area contributed by atoms with Crippen LogP contribution >= 0.6 is 35.7 Å². The lowest BCUT2D eigenvalue weighted by Gasteiger charge is -2.40. The summed E-state index contributed by atoms with van der Waals surface area (Å²) >= 11 is 1.67. The van der Waals surface area contributed by atoms with E-state index < -0.39 is 0 Å². The fourth-order valence-corrected chi connectivity index (χ4v) is 4.39. The van der Waals surface area contributed by atoms with Crippen LogP contribution in [0.5, 0.6) is 0 Å². The number of hydrogen-bond donors (Lipinski definition) is 2. The largest absolute Gasteiger partial charge is 0.357 e. The number of likely N-dealkylation sites (tertiary alicyclic amines) is 1. The number of piperidine rings is 1. The summed E-state index contributed by atoms with van der Waals surface area (Å²) in [5.74, 6) is 2.58. The Morgan fingerprint density at radius 1 is 1.16 bits per heavy atom. The molecule has 0 radical (unpaired) electrons. The third-order valence-corrected chi connectivity index (χ3v) is 6.24. The van der Waals surface area contributed by atoms with E-state index in [-0.39, 0.29) is 29.5 Å². The van der Waals surface area contributed by atoms with Crippen LogP contribution in [0.4, 0.5) is 0 Å². The van der Waals surface area contributed by atoms with E-state index in [1.807, 2.05) is 0 Å². The Kier molecular flexibility index (Phi) is 13.4. The van der Waals surface area contributed by atoms with Crippen LogP contribution in [0.25, 0.3) is 0 Å². The van der Waals surface area contributed by atoms with Crippen molar-refractivity contribution in [1.82, 2.24) is 30.3 Å². The van der Waals surface area contributed by atoms with Crippen molar-refractivity contribution in [3.8, 4) is 0 Å². The second-order valence-electron chi connectivity index (χ2n) is 9.19. The molecule has 0 spiro atoms. The van der Waals surface area contributed by atoms with Crippen LogP contribution in [-0.4, -0.2) is 70.1 Å². The molecule has 0 bridgehead atoms. The van der Waals surface area contributed by atoms with Gasteiger partial charge in [0.05, 0.1) is 6.54 Å². The molecule has 1 aromatic heterocycles. The smallest absolute Gasteiger partial charge is 0.191 e. The first kappa shape index (κ1) is 28.5. The number of aliphatic imine (C=N–C) groups is 1. The number of guanidine groups is 1. The van der Waals surface area contributed by atoms with E-state index in [0.29, 0.717) is 5.92 Å². The zero-order valence-corrected chi connectivity index (χ0v) is 23.6. The quantitative estimate of drug-likeness (QED) is 0.139. The SMILES string of the molecule is CCNC(=NCC(C)(C)N1CCCCC1)NCCCc1nnc(SC)n1CC(C)C.I. The molecule has 1 aliphatic rings. The maximum atomic E-state index is 4.90. The van der Waals surface area contributed by atoms with Gasteiger partial charge in [-0.15, -0.1) is 34.2 Å². The van der Waals surface area contributed by atoms with Gasteiger partial charge in [-0.2, -0.15) is 0 Å². The van der Waals surface area contributed by atoms with Crippen molar-refractivity contribution >= 4 is 41.7 Å². The minimum atomic E-state index is 0. The molecular formula is C22H44IN7S. The van der Waals surface area contributed by atoms with Gasteiger partial charge in [-0.05, 0) is 65.3 Å². The Labute approximate surface area is 211 Å². The highest BCUT2D eigenvalue weighted by Crippen LogP contribution is 2.21. The van der Waals surface area contributed by atoms with Gasteiger partial charge in [0.2, 0.25) is 0 Å². The van der Waals surface area contributed by atoms with Gasteiger partial charge >= 0.3 is 0 Å². The number of nitrogens with one attached hydrogen (secondary N) is 2. The van der Waals surface area contributed by atoms with Crippen LogP contribution in [0.1, 0.15) is 66.1 Å². The van der Waals surface area contributed by atoms with Gasteiger partial charge in [0.15, 0.2) is 11.1 Å². The Morgan fingerprint density at radius 3 is 2.48 bits per heavy atom. The Morgan fingerprint density at radius 2 is 1.87 bits per heavy atom. The van der Waals surface area contributed by atoms with E-state index in [9.17, 15) is 0 Å². The van der Waals surface area contributed by atoms with Crippen LogP contribution in [0.15, 0.2) is 10.1 Å². The molecule has 1 aromatic rings. The standard InChI is InChI=1S/C22H43N7S.HI/c1-7-23-20(25-17-22(4,5)28-14-9-8-10-15-28)24-13-11-12-19-26-27-21(30-6)29(19)16-18(2)3;/h18H,7-17H2,1-6H3,(H2,23,24,25);1H. The maximum Gasteiger partial charge on any atom is 0.191 e. The Balaban J connectivity index is 0.00000480. The van der Waals surface area contributed by atoms with E-state index in [0.717, 1.165) is 56.0 Å². The first-order valence-electron chi connectivity index (χ1n) is 11.6. The summed E-state index contributed by atoms with van der Waals surface area (Å²) in [6, 6.07) is 0. The monoisotopic (exact) mass is 565 g/mol. The highest BCUT2D eigenvalue weighted by molar-refractivity contribution is 14.0. The van der Waals surface area contributed by atoms with Crippen molar-refractivity contribution in [2.45, 2.75) is 84.0 Å². The molecule has 2 N–H and O–H groups in total. The summed E-state index contributed by atoms with van der Waals surface area (Å²) in [7, 11) is 0. The van der Waals surface area contributed by atoms with E-state index in [2.05, 4.69) is 71.2 Å². The van der Waals surface area contributed by atoms with Crippen molar-refractivity contribution in [3.63, 3.8) is 0 Å². The lowest BCUT2D eigenvalue weighted by atomic mass is 9.99. The summed E-state index contributed by atoms with van der Waals surface area (Å²) in [5.41, 5.74) is 0.101. The number of hydrogen-bond acceptors (Lipinski definition) is 5. The van der Waals surface area contributed by atoms with Crippen LogP contribution in [0.2, 0.25) is 0 Å². The molecule has 31 heavy (non-hydrogen) atoms. The molecule has 0 saturated carbocycles. The molecule has 180 valence electrons. The molecule has 0 amide bonds. The summed E-state index contributed by atoms with van der Waals surface area (Å²) in [5, 5.41) is 16.7. The van der Waals surface area contributed by atoms with Gasteiger partial charge < -0.3 is 15.2 Å². The molecular weight excluding hydrogens is 521 g/mol. The number of halogens is 1. The van der Waals surface area contributed by atoms with Crippen molar-refractivity contribution in [1.29, 1.82) is 0 Å². The average molecular weight is 566 g/mol. The number of thioether (sulfide) groups is 1. The van der Waals surface area contributed by atoms with Gasteiger partial charge in [0.1, 0.15) is 5.82 Å². The minimum Gasteiger partial charge on any atom is -0.357 e. The van der Waals surface area contributed by atoms with Crippen molar-refractivity contribution in [2.75, 3.05) is 39.0 Å². The summed E-state index contributed by atoms with van der Waals surface area (Å²) in [6.07, 6.45) is 7.98. The van der Waals surface area contributed by atoms with Crippen molar-refractivity contribution < 1.29 is 0 Å². The summed E-state index contributed by atoms with van der Waals surface area (Å²) in [4.78, 5) is 7.49. The van der Waals surface area contributed by atoms with Crippen molar-refractivity contribution in [2.24, 2.45) is 10.9 Å². The van der Waals surface area contributed by atoms with Crippen LogP contribution < -0.4 is 10.6 Å². The first-order valence-corrected chi connectivity index (χ1v) is 12.8. The topological polar surface area (TPSA) is 70.4 Å². The van der Waals surface area contributed by atoms with E-state index in [1.165, 1.54) is 32.4 Å². The van der Waals surface area contributed by atoms with E-state index in [1.54, 1.807) is 11.8 Å². The highest BCUT2D eigenvalue weighted by atomic mass is 127. The van der Waals surface area contributed by atoms with Crippen LogP contribution in [-0.2, 0) is 13.0 Å². The second-order valence-corrected chi connectivity index (χ2v) is 9.97. The molecule has 1 fully saturated rings. The molecule has 7 nitrogen and oxygen atoms in total. The normalized spacial score (nSPS) is 15.8. The molecule has 1 saturated heterocycles.